The predicted octanol–water partition coefficient (Wildman–Crippen LogP) is 2.75. The van der Waals surface area contributed by atoms with E-state index in [1.54, 1.807) is 11.7 Å². The van der Waals surface area contributed by atoms with Crippen molar-refractivity contribution in [3.63, 3.8) is 0 Å². The summed E-state index contributed by atoms with van der Waals surface area (Å²) in [7, 11) is 1.80. The first kappa shape index (κ1) is 12.9. The number of ether oxygens (including phenoxy) is 1. The Hall–Kier alpha value is -2.10. The van der Waals surface area contributed by atoms with Gasteiger partial charge in [0.25, 0.3) is 0 Å². The molecule has 0 amide bonds. The molecule has 4 nitrogen and oxygen atoms in total. The molecule has 1 fully saturated rings. The zero-order chi connectivity index (χ0) is 14.1. The summed E-state index contributed by atoms with van der Waals surface area (Å²) in [5.74, 6) is 0.834. The Balaban J connectivity index is 1.80. The first-order valence-corrected chi connectivity index (χ1v) is 7.01. The van der Waals surface area contributed by atoms with Gasteiger partial charge in [-0.25, -0.2) is 0 Å². The summed E-state index contributed by atoms with van der Waals surface area (Å²) in [4.78, 5) is 12.4. The number of rotatable bonds is 5. The zero-order valence-electron chi connectivity index (χ0n) is 11.8. The maximum atomic E-state index is 12.4. The first-order valence-electron chi connectivity index (χ1n) is 7.01. The average molecular weight is 270 g/mol. The number of hydrogen-bond donors (Lipinski definition) is 0. The standard InChI is InChI=1S/C16H18N2O2/c1-3-12-10-15(18(2)17-12)16(19)11-4-6-13(7-5-11)20-14-8-9-14/h4-7,10,14H,3,8-9H2,1-2H3. The number of carbonyl (C=O) groups excluding carboxylic acids is 1. The largest absolute Gasteiger partial charge is 0.490 e. The lowest BCUT2D eigenvalue weighted by Gasteiger charge is -2.05. The fraction of sp³-hybridized carbons (Fsp3) is 0.375. The van der Waals surface area contributed by atoms with Crippen molar-refractivity contribution >= 4 is 5.78 Å². The summed E-state index contributed by atoms with van der Waals surface area (Å²) in [6.45, 7) is 2.03. The van der Waals surface area contributed by atoms with Crippen molar-refractivity contribution in [3.8, 4) is 5.75 Å². The molecule has 20 heavy (non-hydrogen) atoms. The number of benzene rings is 1. The highest BCUT2D eigenvalue weighted by molar-refractivity contribution is 6.08. The van der Waals surface area contributed by atoms with Crippen LogP contribution < -0.4 is 4.74 Å². The second-order valence-electron chi connectivity index (χ2n) is 5.17. The SMILES string of the molecule is CCc1cc(C(=O)c2ccc(OC3CC3)cc2)n(C)n1. The molecular formula is C16H18N2O2. The Labute approximate surface area is 118 Å². The molecule has 1 saturated carbocycles. The molecule has 1 aromatic heterocycles. The molecule has 0 spiro atoms. The number of nitrogens with zero attached hydrogens (tertiary/aromatic N) is 2. The Morgan fingerprint density at radius 1 is 1.35 bits per heavy atom. The maximum absolute atomic E-state index is 12.4. The van der Waals surface area contributed by atoms with Gasteiger partial charge in [0.05, 0.1) is 11.8 Å². The molecule has 0 bridgehead atoms. The van der Waals surface area contributed by atoms with E-state index in [2.05, 4.69) is 5.10 Å². The summed E-state index contributed by atoms with van der Waals surface area (Å²) in [5, 5.41) is 4.31. The highest BCUT2D eigenvalue weighted by Crippen LogP contribution is 2.27. The van der Waals surface area contributed by atoms with Crippen LogP contribution in [0.3, 0.4) is 0 Å². The van der Waals surface area contributed by atoms with E-state index in [1.807, 2.05) is 37.3 Å². The van der Waals surface area contributed by atoms with Crippen molar-refractivity contribution in [2.24, 2.45) is 7.05 Å². The third kappa shape index (κ3) is 2.59. The van der Waals surface area contributed by atoms with E-state index >= 15 is 0 Å². The molecule has 2 aromatic rings. The third-order valence-corrected chi connectivity index (χ3v) is 3.47. The van der Waals surface area contributed by atoms with Gasteiger partial charge in [0.1, 0.15) is 11.4 Å². The predicted molar refractivity (Wildman–Crippen MR) is 76.1 cm³/mol. The van der Waals surface area contributed by atoms with Crippen molar-refractivity contribution in [2.45, 2.75) is 32.3 Å². The van der Waals surface area contributed by atoms with E-state index in [0.717, 1.165) is 30.7 Å². The molecular weight excluding hydrogens is 252 g/mol. The molecule has 1 aliphatic carbocycles. The van der Waals surface area contributed by atoms with Crippen molar-refractivity contribution in [1.29, 1.82) is 0 Å². The molecule has 0 aliphatic heterocycles. The van der Waals surface area contributed by atoms with Gasteiger partial charge in [-0.05, 0) is 49.6 Å². The maximum Gasteiger partial charge on any atom is 0.211 e. The number of ketones is 1. The summed E-state index contributed by atoms with van der Waals surface area (Å²) < 4.78 is 7.33. The van der Waals surface area contributed by atoms with Gasteiger partial charge in [0.2, 0.25) is 5.78 Å². The van der Waals surface area contributed by atoms with Gasteiger partial charge in [-0.3, -0.25) is 9.48 Å². The molecule has 0 N–H and O–H groups in total. The lowest BCUT2D eigenvalue weighted by molar-refractivity contribution is 0.103. The van der Waals surface area contributed by atoms with Gasteiger partial charge in [-0.1, -0.05) is 6.92 Å². The summed E-state index contributed by atoms with van der Waals surface area (Å²) >= 11 is 0. The van der Waals surface area contributed by atoms with E-state index in [1.165, 1.54) is 0 Å². The molecule has 104 valence electrons. The van der Waals surface area contributed by atoms with Crippen molar-refractivity contribution in [1.82, 2.24) is 9.78 Å². The van der Waals surface area contributed by atoms with Crippen LogP contribution in [0.25, 0.3) is 0 Å². The highest BCUT2D eigenvalue weighted by atomic mass is 16.5. The van der Waals surface area contributed by atoms with Crippen LogP contribution in [0.5, 0.6) is 5.75 Å². The molecule has 4 heteroatoms. The van der Waals surface area contributed by atoms with Crippen LogP contribution in [0, 0.1) is 0 Å². The lowest BCUT2D eigenvalue weighted by Crippen LogP contribution is -2.08. The molecule has 0 unspecified atom stereocenters. The van der Waals surface area contributed by atoms with E-state index in [9.17, 15) is 4.79 Å². The summed E-state index contributed by atoms with van der Waals surface area (Å²) in [5.41, 5.74) is 2.22. The summed E-state index contributed by atoms with van der Waals surface area (Å²) in [6, 6.07) is 9.22. The number of aryl methyl sites for hydroxylation is 2. The Kier molecular flexibility index (Phi) is 3.30. The topological polar surface area (TPSA) is 44.1 Å². The zero-order valence-corrected chi connectivity index (χ0v) is 11.8. The molecule has 1 aliphatic rings. The second kappa shape index (κ2) is 5.12. The van der Waals surface area contributed by atoms with Crippen LogP contribution in [-0.4, -0.2) is 21.7 Å². The summed E-state index contributed by atoms with van der Waals surface area (Å²) in [6.07, 6.45) is 3.47. The fourth-order valence-corrected chi connectivity index (χ4v) is 2.12. The second-order valence-corrected chi connectivity index (χ2v) is 5.17. The quantitative estimate of drug-likeness (QED) is 0.785. The van der Waals surface area contributed by atoms with Crippen molar-refractivity contribution < 1.29 is 9.53 Å². The van der Waals surface area contributed by atoms with Gasteiger partial charge in [-0.2, -0.15) is 5.10 Å². The number of aromatic nitrogens is 2. The minimum absolute atomic E-state index is 0.00216. The van der Waals surface area contributed by atoms with Crippen molar-refractivity contribution in [2.75, 3.05) is 0 Å². The van der Waals surface area contributed by atoms with Gasteiger partial charge in [0.15, 0.2) is 0 Å². The molecule has 3 rings (SSSR count). The Morgan fingerprint density at radius 3 is 2.60 bits per heavy atom. The monoisotopic (exact) mass is 270 g/mol. The molecule has 1 heterocycles. The first-order chi connectivity index (χ1) is 9.67. The van der Waals surface area contributed by atoms with Crippen molar-refractivity contribution in [3.05, 3.63) is 47.3 Å². The van der Waals surface area contributed by atoms with E-state index < -0.39 is 0 Å². The Bertz CT molecular complexity index is 624. The molecule has 0 saturated heterocycles. The minimum Gasteiger partial charge on any atom is -0.490 e. The average Bonchev–Trinajstić information content (AvgIpc) is 3.19. The van der Waals surface area contributed by atoms with Crippen LogP contribution in [0.15, 0.2) is 30.3 Å². The smallest absolute Gasteiger partial charge is 0.211 e. The van der Waals surface area contributed by atoms with E-state index in [0.29, 0.717) is 17.4 Å². The fourth-order valence-electron chi connectivity index (χ4n) is 2.12. The van der Waals surface area contributed by atoms with E-state index in [-0.39, 0.29) is 5.78 Å². The highest BCUT2D eigenvalue weighted by Gasteiger charge is 2.23. The lowest BCUT2D eigenvalue weighted by atomic mass is 10.1. The molecule has 1 aromatic carbocycles. The number of carbonyl (C=O) groups is 1. The van der Waals surface area contributed by atoms with Crippen LogP contribution in [-0.2, 0) is 13.5 Å². The van der Waals surface area contributed by atoms with Gasteiger partial charge >= 0.3 is 0 Å². The third-order valence-electron chi connectivity index (χ3n) is 3.47. The van der Waals surface area contributed by atoms with Gasteiger partial charge in [0, 0.05) is 12.6 Å². The van der Waals surface area contributed by atoms with Crippen LogP contribution in [0.4, 0.5) is 0 Å². The molecule has 0 radical (unpaired) electrons. The number of hydrogen-bond acceptors (Lipinski definition) is 3. The Morgan fingerprint density at radius 2 is 2.05 bits per heavy atom. The van der Waals surface area contributed by atoms with Gasteiger partial charge < -0.3 is 4.74 Å². The van der Waals surface area contributed by atoms with E-state index in [4.69, 9.17) is 4.74 Å². The minimum atomic E-state index is -0.00216. The normalized spacial score (nSPS) is 14.3. The van der Waals surface area contributed by atoms with Crippen LogP contribution in [0.2, 0.25) is 0 Å². The van der Waals surface area contributed by atoms with Crippen LogP contribution >= 0.6 is 0 Å². The molecule has 0 atom stereocenters. The van der Waals surface area contributed by atoms with Crippen LogP contribution in [0.1, 0.15) is 41.5 Å². The van der Waals surface area contributed by atoms with Gasteiger partial charge in [-0.15, -0.1) is 0 Å².